The Morgan fingerprint density at radius 2 is 1.50 bits per heavy atom. The molecule has 0 bridgehead atoms. The van der Waals surface area contributed by atoms with Gasteiger partial charge in [0.25, 0.3) is 0 Å². The normalized spacial score (nSPS) is 11.5. The molecular formula is C7H17O4P. The van der Waals surface area contributed by atoms with Crippen LogP contribution in [0.2, 0.25) is 0 Å². The van der Waals surface area contributed by atoms with Gasteiger partial charge < -0.3 is 19.3 Å². The summed E-state index contributed by atoms with van der Waals surface area (Å²) < 4.78 is 10.5. The van der Waals surface area contributed by atoms with Gasteiger partial charge in [-0.2, -0.15) is 0 Å². The lowest BCUT2D eigenvalue weighted by Gasteiger charge is -2.19. The maximum absolute atomic E-state index is 8.50. The minimum Gasteiger partial charge on any atom is -0.394 e. The van der Waals surface area contributed by atoms with Crippen LogP contribution in [0, 0.1) is 0 Å². The molecule has 0 aliphatic carbocycles. The Balaban J connectivity index is 3.55. The highest BCUT2D eigenvalue weighted by atomic mass is 31.2. The van der Waals surface area contributed by atoms with Crippen molar-refractivity contribution in [1.82, 2.24) is 0 Å². The first-order valence-corrected chi connectivity index (χ1v) is 5.23. The van der Waals surface area contributed by atoms with Gasteiger partial charge in [0.1, 0.15) is 0 Å². The lowest BCUT2D eigenvalue weighted by molar-refractivity contribution is 0.162. The summed E-state index contributed by atoms with van der Waals surface area (Å²) in [5.41, 5.74) is 0.290. The van der Waals surface area contributed by atoms with Gasteiger partial charge >= 0.3 is 0 Å². The molecular weight excluding hydrogens is 179 g/mol. The zero-order chi connectivity index (χ0) is 9.40. The van der Waals surface area contributed by atoms with Crippen molar-refractivity contribution < 1.29 is 19.3 Å². The SMILES string of the molecule is CC(C)P(OCCO)OCCO. The van der Waals surface area contributed by atoms with Crippen molar-refractivity contribution in [1.29, 1.82) is 0 Å². The Bertz CT molecular complexity index is 91.4. The van der Waals surface area contributed by atoms with Crippen LogP contribution in [0.15, 0.2) is 0 Å². The highest BCUT2D eigenvalue weighted by Gasteiger charge is 2.14. The molecule has 0 amide bonds. The summed E-state index contributed by atoms with van der Waals surface area (Å²) in [6.45, 7) is 4.59. The third-order valence-corrected chi connectivity index (χ3v) is 2.76. The molecule has 5 heteroatoms. The van der Waals surface area contributed by atoms with Crippen molar-refractivity contribution in [3.8, 4) is 0 Å². The quantitative estimate of drug-likeness (QED) is 0.589. The van der Waals surface area contributed by atoms with Crippen molar-refractivity contribution >= 4 is 8.38 Å². The molecule has 0 unspecified atom stereocenters. The fourth-order valence-corrected chi connectivity index (χ4v) is 1.79. The lowest BCUT2D eigenvalue weighted by Crippen LogP contribution is -2.06. The van der Waals surface area contributed by atoms with Crippen LogP contribution in [0.1, 0.15) is 13.8 Å². The smallest absolute Gasteiger partial charge is 0.173 e. The second-order valence-electron chi connectivity index (χ2n) is 2.49. The van der Waals surface area contributed by atoms with Gasteiger partial charge in [-0.25, -0.2) is 0 Å². The van der Waals surface area contributed by atoms with Gasteiger partial charge in [-0.05, 0) is 0 Å². The monoisotopic (exact) mass is 196 g/mol. The van der Waals surface area contributed by atoms with Crippen LogP contribution in [0.4, 0.5) is 0 Å². The standard InChI is InChI=1S/C7H17O4P/c1-7(2)12(10-5-3-8)11-6-4-9/h7-9H,3-6H2,1-2H3. The van der Waals surface area contributed by atoms with Crippen molar-refractivity contribution in [2.75, 3.05) is 26.4 Å². The lowest BCUT2D eigenvalue weighted by atomic mass is 10.6. The summed E-state index contributed by atoms with van der Waals surface area (Å²) in [6, 6.07) is 0. The molecule has 0 saturated heterocycles. The molecule has 74 valence electrons. The summed E-state index contributed by atoms with van der Waals surface area (Å²) >= 11 is 0. The van der Waals surface area contributed by atoms with Crippen LogP contribution >= 0.6 is 8.38 Å². The summed E-state index contributed by atoms with van der Waals surface area (Å²) in [5, 5.41) is 17.0. The average molecular weight is 196 g/mol. The van der Waals surface area contributed by atoms with Crippen LogP contribution in [-0.4, -0.2) is 42.3 Å². The Morgan fingerprint density at radius 3 is 1.75 bits per heavy atom. The maximum Gasteiger partial charge on any atom is 0.173 e. The van der Waals surface area contributed by atoms with E-state index in [2.05, 4.69) is 0 Å². The van der Waals surface area contributed by atoms with E-state index in [1.165, 1.54) is 0 Å². The number of aliphatic hydroxyl groups is 2. The highest BCUT2D eigenvalue weighted by molar-refractivity contribution is 7.48. The third kappa shape index (κ3) is 5.86. The van der Waals surface area contributed by atoms with E-state index in [1.54, 1.807) is 0 Å². The molecule has 4 nitrogen and oxygen atoms in total. The fraction of sp³-hybridized carbons (Fsp3) is 1.00. The summed E-state index contributed by atoms with van der Waals surface area (Å²) in [5.74, 6) is 0. The number of hydrogen-bond donors (Lipinski definition) is 2. The van der Waals surface area contributed by atoms with E-state index in [0.29, 0.717) is 13.2 Å². The van der Waals surface area contributed by atoms with Gasteiger partial charge in [0.05, 0.1) is 26.4 Å². The molecule has 0 aromatic rings. The van der Waals surface area contributed by atoms with E-state index in [0.717, 1.165) is 0 Å². The van der Waals surface area contributed by atoms with Crippen molar-refractivity contribution in [2.24, 2.45) is 0 Å². The minimum absolute atomic E-state index is 0.00797. The van der Waals surface area contributed by atoms with E-state index in [-0.39, 0.29) is 18.9 Å². The predicted molar refractivity (Wildman–Crippen MR) is 48.1 cm³/mol. The first-order valence-electron chi connectivity index (χ1n) is 3.99. The molecule has 12 heavy (non-hydrogen) atoms. The molecule has 0 aromatic carbocycles. The molecule has 0 aromatic heterocycles. The topological polar surface area (TPSA) is 58.9 Å². The van der Waals surface area contributed by atoms with E-state index in [4.69, 9.17) is 19.3 Å². The molecule has 0 heterocycles. The first kappa shape index (κ1) is 12.3. The molecule has 0 atom stereocenters. The largest absolute Gasteiger partial charge is 0.394 e. The Labute approximate surface area is 74.4 Å². The second kappa shape index (κ2) is 7.90. The van der Waals surface area contributed by atoms with E-state index < -0.39 is 8.38 Å². The van der Waals surface area contributed by atoms with Crippen LogP contribution < -0.4 is 0 Å². The summed E-state index contributed by atoms with van der Waals surface area (Å²) in [4.78, 5) is 0. The number of hydrogen-bond acceptors (Lipinski definition) is 4. The second-order valence-corrected chi connectivity index (χ2v) is 4.61. The van der Waals surface area contributed by atoms with E-state index in [9.17, 15) is 0 Å². The van der Waals surface area contributed by atoms with Crippen LogP contribution in [-0.2, 0) is 9.05 Å². The molecule has 0 saturated carbocycles. The van der Waals surface area contributed by atoms with Gasteiger partial charge in [-0.1, -0.05) is 13.8 Å². The van der Waals surface area contributed by atoms with Crippen molar-refractivity contribution in [2.45, 2.75) is 19.5 Å². The molecule has 0 rings (SSSR count). The van der Waals surface area contributed by atoms with Gasteiger partial charge in [0, 0.05) is 5.66 Å². The first-order chi connectivity index (χ1) is 5.72. The van der Waals surface area contributed by atoms with Crippen LogP contribution in [0.25, 0.3) is 0 Å². The zero-order valence-corrected chi connectivity index (χ0v) is 8.46. The Kier molecular flexibility index (Phi) is 8.07. The van der Waals surface area contributed by atoms with Gasteiger partial charge in [-0.3, -0.25) is 0 Å². The zero-order valence-electron chi connectivity index (χ0n) is 7.56. The maximum atomic E-state index is 8.50. The molecule has 0 aliphatic heterocycles. The van der Waals surface area contributed by atoms with Gasteiger partial charge in [0.15, 0.2) is 8.38 Å². The van der Waals surface area contributed by atoms with E-state index >= 15 is 0 Å². The van der Waals surface area contributed by atoms with Crippen LogP contribution in [0.5, 0.6) is 0 Å². The third-order valence-electron chi connectivity index (χ3n) is 1.04. The molecule has 0 radical (unpaired) electrons. The van der Waals surface area contributed by atoms with Crippen LogP contribution in [0.3, 0.4) is 0 Å². The minimum atomic E-state index is -0.951. The predicted octanol–water partition coefficient (Wildman–Crippen LogP) is 0.724. The van der Waals surface area contributed by atoms with Crippen molar-refractivity contribution in [3.05, 3.63) is 0 Å². The molecule has 2 N–H and O–H groups in total. The molecule has 0 spiro atoms. The number of aliphatic hydroxyl groups excluding tert-OH is 2. The number of rotatable bonds is 7. The molecule has 0 aliphatic rings. The fourth-order valence-electron chi connectivity index (χ4n) is 0.597. The summed E-state index contributed by atoms with van der Waals surface area (Å²) in [7, 11) is -0.951. The van der Waals surface area contributed by atoms with Crippen molar-refractivity contribution in [3.63, 3.8) is 0 Å². The summed E-state index contributed by atoms with van der Waals surface area (Å²) in [6.07, 6.45) is 0. The Morgan fingerprint density at radius 1 is 1.08 bits per heavy atom. The van der Waals surface area contributed by atoms with E-state index in [1.807, 2.05) is 13.8 Å². The van der Waals surface area contributed by atoms with Gasteiger partial charge in [0.2, 0.25) is 0 Å². The highest BCUT2D eigenvalue weighted by Crippen LogP contribution is 2.42. The Hall–Kier alpha value is 0.270. The molecule has 0 fully saturated rings. The van der Waals surface area contributed by atoms with Gasteiger partial charge in [-0.15, -0.1) is 0 Å². The average Bonchev–Trinajstić information content (AvgIpc) is 2.04.